The molecule has 0 aromatic heterocycles. The van der Waals surface area contributed by atoms with Gasteiger partial charge >= 0.3 is 0 Å². The zero-order valence-corrected chi connectivity index (χ0v) is 14.7. The maximum absolute atomic E-state index is 13.9. The Bertz CT molecular complexity index is 721. The molecule has 2 rings (SSSR count). The molecule has 2 aromatic carbocycles. The van der Waals surface area contributed by atoms with Gasteiger partial charge in [0.1, 0.15) is 17.3 Å². The number of nitrogens with zero attached hydrogens (tertiary/aromatic N) is 1. The van der Waals surface area contributed by atoms with Crippen LogP contribution >= 0.6 is 15.9 Å². The Morgan fingerprint density at radius 3 is 2.57 bits per heavy atom. The van der Waals surface area contributed by atoms with Crippen LogP contribution in [0, 0.1) is 5.82 Å². The molecule has 4 nitrogen and oxygen atoms in total. The lowest BCUT2D eigenvalue weighted by atomic mass is 10.1. The topological polar surface area (TPSA) is 38.8 Å². The lowest BCUT2D eigenvalue weighted by Crippen LogP contribution is -2.27. The summed E-state index contributed by atoms with van der Waals surface area (Å²) < 4.78 is 25.0. The average Bonchev–Trinajstić information content (AvgIpc) is 2.56. The van der Waals surface area contributed by atoms with Crippen molar-refractivity contribution in [2.75, 3.05) is 21.3 Å². The minimum Gasteiger partial charge on any atom is -0.497 e. The zero-order chi connectivity index (χ0) is 17.0. The number of carbonyl (C=O) groups excluding carboxylic acids is 1. The van der Waals surface area contributed by atoms with E-state index >= 15 is 0 Å². The summed E-state index contributed by atoms with van der Waals surface area (Å²) in [5, 5.41) is 0. The molecule has 2 aromatic rings. The first-order valence-electron chi connectivity index (χ1n) is 6.87. The number of halogens is 2. The molecule has 0 bridgehead atoms. The Kier molecular flexibility index (Phi) is 5.60. The van der Waals surface area contributed by atoms with Gasteiger partial charge in [0.05, 0.1) is 19.8 Å². The smallest absolute Gasteiger partial charge is 0.256 e. The standard InChI is InChI=1S/C17H17BrFNO3/c1-20(17(21)14-8-12(18)5-7-15(14)19)10-11-4-6-13(22-2)9-16(11)23-3/h4-9H,10H2,1-3H3. The second-order valence-corrected chi connectivity index (χ2v) is 5.88. The van der Waals surface area contributed by atoms with Crippen molar-refractivity contribution in [2.24, 2.45) is 0 Å². The Hall–Kier alpha value is -2.08. The van der Waals surface area contributed by atoms with Crippen LogP contribution in [0.4, 0.5) is 4.39 Å². The zero-order valence-electron chi connectivity index (χ0n) is 13.1. The summed E-state index contributed by atoms with van der Waals surface area (Å²) in [5.74, 6) is 0.324. The first-order chi connectivity index (χ1) is 11.0. The molecule has 122 valence electrons. The van der Waals surface area contributed by atoms with E-state index in [1.807, 2.05) is 6.07 Å². The first-order valence-corrected chi connectivity index (χ1v) is 7.67. The summed E-state index contributed by atoms with van der Waals surface area (Å²) in [6.07, 6.45) is 0. The number of methoxy groups -OCH3 is 2. The second kappa shape index (κ2) is 7.46. The molecule has 0 fully saturated rings. The van der Waals surface area contributed by atoms with Crippen molar-refractivity contribution in [1.29, 1.82) is 0 Å². The van der Waals surface area contributed by atoms with Gasteiger partial charge in [-0.1, -0.05) is 15.9 Å². The quantitative estimate of drug-likeness (QED) is 0.788. The molecule has 0 aliphatic heterocycles. The average molecular weight is 382 g/mol. The van der Waals surface area contributed by atoms with E-state index in [4.69, 9.17) is 9.47 Å². The van der Waals surface area contributed by atoms with Crippen LogP contribution in [0.15, 0.2) is 40.9 Å². The number of benzene rings is 2. The monoisotopic (exact) mass is 381 g/mol. The minimum absolute atomic E-state index is 0.0225. The predicted molar refractivity (Wildman–Crippen MR) is 89.4 cm³/mol. The minimum atomic E-state index is -0.549. The maximum atomic E-state index is 13.9. The van der Waals surface area contributed by atoms with E-state index in [1.54, 1.807) is 39.5 Å². The van der Waals surface area contributed by atoms with Gasteiger partial charge in [-0.15, -0.1) is 0 Å². The van der Waals surface area contributed by atoms with Crippen LogP contribution in [0.2, 0.25) is 0 Å². The summed E-state index contributed by atoms with van der Waals surface area (Å²) in [4.78, 5) is 13.9. The van der Waals surface area contributed by atoms with Crippen LogP contribution in [-0.2, 0) is 6.54 Å². The highest BCUT2D eigenvalue weighted by Gasteiger charge is 2.18. The van der Waals surface area contributed by atoms with E-state index in [1.165, 1.54) is 17.0 Å². The normalized spacial score (nSPS) is 10.3. The van der Waals surface area contributed by atoms with Gasteiger partial charge in [-0.25, -0.2) is 4.39 Å². The summed E-state index contributed by atoms with van der Waals surface area (Å²) in [5.41, 5.74) is 0.828. The number of carbonyl (C=O) groups is 1. The fraction of sp³-hybridized carbons (Fsp3) is 0.235. The fourth-order valence-corrected chi connectivity index (χ4v) is 2.54. The van der Waals surface area contributed by atoms with Crippen LogP contribution in [0.5, 0.6) is 11.5 Å². The second-order valence-electron chi connectivity index (χ2n) is 4.96. The molecule has 1 amide bonds. The summed E-state index contributed by atoms with van der Waals surface area (Å²) in [7, 11) is 4.74. The molecule has 0 radical (unpaired) electrons. The lowest BCUT2D eigenvalue weighted by molar-refractivity contribution is 0.0779. The molecule has 0 unspecified atom stereocenters. The van der Waals surface area contributed by atoms with Gasteiger partial charge < -0.3 is 14.4 Å². The van der Waals surface area contributed by atoms with E-state index in [0.717, 1.165) is 5.56 Å². The van der Waals surface area contributed by atoms with Gasteiger partial charge in [-0.2, -0.15) is 0 Å². The van der Waals surface area contributed by atoms with Gasteiger partial charge in [0.2, 0.25) is 0 Å². The van der Waals surface area contributed by atoms with Crippen molar-refractivity contribution >= 4 is 21.8 Å². The van der Waals surface area contributed by atoms with Crippen LogP contribution in [-0.4, -0.2) is 32.1 Å². The van der Waals surface area contributed by atoms with Gasteiger partial charge in [0.25, 0.3) is 5.91 Å². The molecule has 0 spiro atoms. The van der Waals surface area contributed by atoms with E-state index in [9.17, 15) is 9.18 Å². The van der Waals surface area contributed by atoms with Crippen LogP contribution < -0.4 is 9.47 Å². The summed E-state index contributed by atoms with van der Waals surface area (Å²) >= 11 is 3.25. The fourth-order valence-electron chi connectivity index (χ4n) is 2.18. The molecule has 0 saturated heterocycles. The summed E-state index contributed by atoms with van der Waals surface area (Å²) in [6.45, 7) is 0.290. The number of hydrogen-bond donors (Lipinski definition) is 0. The van der Waals surface area contributed by atoms with Gasteiger partial charge in [-0.3, -0.25) is 4.79 Å². The van der Waals surface area contributed by atoms with Crippen molar-refractivity contribution in [1.82, 2.24) is 4.90 Å². The highest BCUT2D eigenvalue weighted by atomic mass is 79.9. The number of ether oxygens (including phenoxy) is 2. The van der Waals surface area contributed by atoms with Crippen molar-refractivity contribution < 1.29 is 18.7 Å². The van der Waals surface area contributed by atoms with E-state index in [2.05, 4.69) is 15.9 Å². The van der Waals surface area contributed by atoms with E-state index < -0.39 is 11.7 Å². The van der Waals surface area contributed by atoms with E-state index in [0.29, 0.717) is 16.0 Å². The molecule has 23 heavy (non-hydrogen) atoms. The molecule has 6 heteroatoms. The largest absolute Gasteiger partial charge is 0.497 e. The third-order valence-electron chi connectivity index (χ3n) is 3.41. The number of hydrogen-bond acceptors (Lipinski definition) is 3. The Morgan fingerprint density at radius 2 is 1.91 bits per heavy atom. The van der Waals surface area contributed by atoms with Crippen LogP contribution in [0.25, 0.3) is 0 Å². The van der Waals surface area contributed by atoms with Gasteiger partial charge in [0.15, 0.2) is 0 Å². The molecule has 0 N–H and O–H groups in total. The summed E-state index contributed by atoms with van der Waals surface area (Å²) in [6, 6.07) is 9.64. The maximum Gasteiger partial charge on any atom is 0.256 e. The van der Waals surface area contributed by atoms with Crippen molar-refractivity contribution in [2.45, 2.75) is 6.54 Å². The highest BCUT2D eigenvalue weighted by Crippen LogP contribution is 2.26. The van der Waals surface area contributed by atoms with Gasteiger partial charge in [-0.05, 0) is 30.3 Å². The lowest BCUT2D eigenvalue weighted by Gasteiger charge is -2.19. The SMILES string of the molecule is COc1ccc(CN(C)C(=O)c2cc(Br)ccc2F)c(OC)c1. The predicted octanol–water partition coefficient (Wildman–Crippen LogP) is 3.88. The van der Waals surface area contributed by atoms with Crippen molar-refractivity contribution in [3.63, 3.8) is 0 Å². The van der Waals surface area contributed by atoms with Crippen molar-refractivity contribution in [3.05, 3.63) is 57.8 Å². The molecule has 0 saturated carbocycles. The third-order valence-corrected chi connectivity index (χ3v) is 3.90. The number of rotatable bonds is 5. The van der Waals surface area contributed by atoms with Gasteiger partial charge in [0, 0.05) is 29.7 Å². The van der Waals surface area contributed by atoms with Crippen LogP contribution in [0.1, 0.15) is 15.9 Å². The molecule has 0 aliphatic rings. The molecule has 0 atom stereocenters. The Balaban J connectivity index is 2.23. The Labute approximate surface area is 142 Å². The molecule has 0 aliphatic carbocycles. The third kappa shape index (κ3) is 4.01. The Morgan fingerprint density at radius 1 is 1.17 bits per heavy atom. The molecular weight excluding hydrogens is 365 g/mol. The first kappa shape index (κ1) is 17.3. The molecule has 0 heterocycles. The molecular formula is C17H17BrFNO3. The van der Waals surface area contributed by atoms with Crippen LogP contribution in [0.3, 0.4) is 0 Å². The number of amides is 1. The van der Waals surface area contributed by atoms with E-state index in [-0.39, 0.29) is 12.1 Å². The highest BCUT2D eigenvalue weighted by molar-refractivity contribution is 9.10. The van der Waals surface area contributed by atoms with Crippen molar-refractivity contribution in [3.8, 4) is 11.5 Å².